The first kappa shape index (κ1) is 19.9. The van der Waals surface area contributed by atoms with Gasteiger partial charge in [-0.15, -0.1) is 0 Å². The highest BCUT2D eigenvalue weighted by Crippen LogP contribution is 2.21. The number of likely N-dealkylation sites (tertiary alicyclic amines) is 1. The van der Waals surface area contributed by atoms with E-state index in [1.165, 1.54) is 82.0 Å². The van der Waals surface area contributed by atoms with Crippen molar-refractivity contribution in [3.05, 3.63) is 0 Å². The largest absolute Gasteiger partial charge is 0.324 e. The Labute approximate surface area is 125 Å². The van der Waals surface area contributed by atoms with Crippen LogP contribution in [-0.2, 0) is 10.1 Å². The summed E-state index contributed by atoms with van der Waals surface area (Å²) in [4.78, 5) is 0. The van der Waals surface area contributed by atoms with Crippen LogP contribution < -0.4 is 0 Å². The minimum absolute atomic E-state index is 0.715. The van der Waals surface area contributed by atoms with Gasteiger partial charge in [0.25, 0.3) is 10.1 Å². The molecule has 122 valence electrons. The molecule has 1 rings (SSSR count). The van der Waals surface area contributed by atoms with Crippen LogP contribution in [0.25, 0.3) is 0 Å². The summed E-state index contributed by atoms with van der Waals surface area (Å²) < 4.78 is 27.3. The minimum Gasteiger partial charge on any atom is -0.324 e. The van der Waals surface area contributed by atoms with E-state index in [-0.39, 0.29) is 0 Å². The Balaban J connectivity index is 0.000000621. The van der Waals surface area contributed by atoms with E-state index in [1.54, 1.807) is 0 Å². The van der Waals surface area contributed by atoms with E-state index in [0.717, 1.165) is 0 Å². The van der Waals surface area contributed by atoms with Gasteiger partial charge in [-0.3, -0.25) is 4.55 Å². The Morgan fingerprint density at radius 3 is 1.80 bits per heavy atom. The molecule has 1 aliphatic rings. The van der Waals surface area contributed by atoms with Crippen LogP contribution in [0.2, 0.25) is 0 Å². The van der Waals surface area contributed by atoms with E-state index in [0.29, 0.717) is 6.26 Å². The summed E-state index contributed by atoms with van der Waals surface area (Å²) in [5.41, 5.74) is 0. The molecule has 1 saturated heterocycles. The molecule has 0 aromatic rings. The van der Waals surface area contributed by atoms with Crippen LogP contribution in [0.1, 0.15) is 65.2 Å². The highest BCUT2D eigenvalue weighted by molar-refractivity contribution is 7.85. The van der Waals surface area contributed by atoms with Gasteiger partial charge in [-0.05, 0) is 38.5 Å². The van der Waals surface area contributed by atoms with Crippen LogP contribution >= 0.6 is 0 Å². The molecule has 4 nitrogen and oxygen atoms in total. The fourth-order valence-corrected chi connectivity index (χ4v) is 2.93. The van der Waals surface area contributed by atoms with Gasteiger partial charge in [0.15, 0.2) is 0 Å². The van der Waals surface area contributed by atoms with Crippen LogP contribution in [0.5, 0.6) is 0 Å². The van der Waals surface area contributed by atoms with Gasteiger partial charge in [0, 0.05) is 0 Å². The van der Waals surface area contributed by atoms with Gasteiger partial charge in [0.05, 0.1) is 32.4 Å². The molecular weight excluding hydrogens is 274 g/mol. The quantitative estimate of drug-likeness (QED) is 0.445. The van der Waals surface area contributed by atoms with Gasteiger partial charge in [0.2, 0.25) is 0 Å². The van der Waals surface area contributed by atoms with Crippen molar-refractivity contribution >= 4 is 10.1 Å². The third-order valence-electron chi connectivity index (χ3n) is 3.99. The summed E-state index contributed by atoms with van der Waals surface area (Å²) in [6.45, 7) is 10.5. The average molecular weight is 309 g/mol. The Hall–Kier alpha value is -0.130. The molecule has 20 heavy (non-hydrogen) atoms. The third kappa shape index (κ3) is 11.7. The highest BCUT2D eigenvalue weighted by atomic mass is 32.2. The molecule has 0 saturated carbocycles. The maximum atomic E-state index is 9.19. The number of quaternary nitrogens is 1. The molecule has 0 unspecified atom stereocenters. The van der Waals surface area contributed by atoms with Crippen LogP contribution in [0.15, 0.2) is 0 Å². The predicted octanol–water partition coefficient (Wildman–Crippen LogP) is 3.48. The zero-order chi connectivity index (χ0) is 15.5. The lowest BCUT2D eigenvalue weighted by atomic mass is 10.0. The molecule has 0 radical (unpaired) electrons. The molecule has 1 N–H and O–H groups in total. The molecule has 0 aromatic carbocycles. The van der Waals surface area contributed by atoms with Crippen molar-refractivity contribution in [3.63, 3.8) is 0 Å². The van der Waals surface area contributed by atoms with E-state index in [9.17, 15) is 8.42 Å². The SMILES string of the molecule is CCCCC[N+]1(CCCC)CCCCC1.CS(=O)(=O)O. The second-order valence-electron chi connectivity index (χ2n) is 6.09. The predicted molar refractivity (Wildman–Crippen MR) is 85.5 cm³/mol. The van der Waals surface area contributed by atoms with Gasteiger partial charge >= 0.3 is 0 Å². The molecular formula is C15H34NO3S+. The second kappa shape index (κ2) is 10.6. The zero-order valence-electron chi connectivity index (χ0n) is 13.6. The molecule has 1 aliphatic heterocycles. The lowest BCUT2D eigenvalue weighted by Gasteiger charge is -2.42. The van der Waals surface area contributed by atoms with Gasteiger partial charge in [0.1, 0.15) is 0 Å². The standard InChI is InChI=1S/C14H30N.CH4O3S/c1-3-5-8-12-15(11-6-4-2)13-9-7-10-14-15;1-5(2,3)4/h3-14H2,1-2H3;1H3,(H,2,3,4)/q+1;. The second-order valence-corrected chi connectivity index (χ2v) is 7.56. The molecule has 1 heterocycles. The zero-order valence-corrected chi connectivity index (χ0v) is 14.4. The molecule has 0 atom stereocenters. The first-order chi connectivity index (χ1) is 9.33. The molecule has 5 heteroatoms. The Bertz CT molecular complexity index is 314. The van der Waals surface area contributed by atoms with E-state index in [1.807, 2.05) is 0 Å². The van der Waals surface area contributed by atoms with E-state index < -0.39 is 10.1 Å². The monoisotopic (exact) mass is 308 g/mol. The summed E-state index contributed by atoms with van der Waals surface area (Å²) in [5, 5.41) is 0. The van der Waals surface area contributed by atoms with Crippen LogP contribution in [0.4, 0.5) is 0 Å². The lowest BCUT2D eigenvalue weighted by Crippen LogP contribution is -2.52. The maximum Gasteiger partial charge on any atom is 0.261 e. The first-order valence-electron chi connectivity index (χ1n) is 8.10. The van der Waals surface area contributed by atoms with Crippen molar-refractivity contribution in [3.8, 4) is 0 Å². The number of nitrogens with zero attached hydrogens (tertiary/aromatic N) is 1. The smallest absolute Gasteiger partial charge is 0.261 e. The van der Waals surface area contributed by atoms with Crippen molar-refractivity contribution in [1.82, 2.24) is 0 Å². The summed E-state index contributed by atoms with van der Waals surface area (Å²) >= 11 is 0. The maximum absolute atomic E-state index is 9.19. The Kier molecular flexibility index (Phi) is 10.5. The molecule has 0 spiro atoms. The summed E-state index contributed by atoms with van der Waals surface area (Å²) in [5.74, 6) is 0. The number of hydrogen-bond donors (Lipinski definition) is 1. The van der Waals surface area contributed by atoms with Crippen molar-refractivity contribution in [2.45, 2.75) is 65.2 Å². The van der Waals surface area contributed by atoms with Crippen molar-refractivity contribution < 1.29 is 17.5 Å². The Morgan fingerprint density at radius 2 is 1.35 bits per heavy atom. The molecule has 0 bridgehead atoms. The van der Waals surface area contributed by atoms with Gasteiger partial charge in [-0.25, -0.2) is 0 Å². The van der Waals surface area contributed by atoms with Crippen molar-refractivity contribution in [2.24, 2.45) is 0 Å². The van der Waals surface area contributed by atoms with Crippen LogP contribution in [0, 0.1) is 0 Å². The summed E-state index contributed by atoms with van der Waals surface area (Å²) in [6, 6.07) is 0. The lowest BCUT2D eigenvalue weighted by molar-refractivity contribution is -0.932. The average Bonchev–Trinajstić information content (AvgIpc) is 2.36. The highest BCUT2D eigenvalue weighted by Gasteiger charge is 2.28. The molecule has 1 fully saturated rings. The number of piperidine rings is 1. The Morgan fingerprint density at radius 1 is 0.900 bits per heavy atom. The number of hydrogen-bond acceptors (Lipinski definition) is 2. The number of rotatable bonds is 7. The van der Waals surface area contributed by atoms with Crippen LogP contribution in [0.3, 0.4) is 0 Å². The number of unbranched alkanes of at least 4 members (excludes halogenated alkanes) is 3. The minimum atomic E-state index is -3.67. The molecule has 0 aromatic heterocycles. The summed E-state index contributed by atoms with van der Waals surface area (Å²) in [6.07, 6.45) is 12.2. The third-order valence-corrected chi connectivity index (χ3v) is 3.99. The van der Waals surface area contributed by atoms with Crippen molar-refractivity contribution in [1.29, 1.82) is 0 Å². The van der Waals surface area contributed by atoms with Gasteiger partial charge in [-0.2, -0.15) is 8.42 Å². The first-order valence-corrected chi connectivity index (χ1v) is 9.95. The fourth-order valence-electron chi connectivity index (χ4n) is 2.93. The van der Waals surface area contributed by atoms with Crippen LogP contribution in [-0.4, -0.2) is 49.9 Å². The van der Waals surface area contributed by atoms with Crippen molar-refractivity contribution in [2.75, 3.05) is 32.4 Å². The summed E-state index contributed by atoms with van der Waals surface area (Å²) in [7, 11) is -3.67. The molecule has 0 aliphatic carbocycles. The fraction of sp³-hybridized carbons (Fsp3) is 1.00. The van der Waals surface area contributed by atoms with E-state index >= 15 is 0 Å². The van der Waals surface area contributed by atoms with E-state index in [2.05, 4.69) is 13.8 Å². The normalized spacial score (nSPS) is 18.2. The molecule has 0 amide bonds. The topological polar surface area (TPSA) is 54.4 Å². The van der Waals surface area contributed by atoms with E-state index in [4.69, 9.17) is 4.55 Å². The van der Waals surface area contributed by atoms with Gasteiger partial charge < -0.3 is 4.48 Å². The van der Waals surface area contributed by atoms with Gasteiger partial charge in [-0.1, -0.05) is 26.7 Å².